The molecule has 2 amide bonds. The average Bonchev–Trinajstić information content (AvgIpc) is 2.67. The van der Waals surface area contributed by atoms with Crippen LogP contribution in [0.1, 0.15) is 51.3 Å². The molecule has 1 heterocycles. The van der Waals surface area contributed by atoms with Crippen LogP contribution in [0.4, 0.5) is 0 Å². The Hall–Kier alpha value is -2.70. The van der Waals surface area contributed by atoms with Gasteiger partial charge in [-0.25, -0.2) is 9.59 Å². The van der Waals surface area contributed by atoms with Crippen molar-refractivity contribution in [1.82, 2.24) is 4.90 Å². The van der Waals surface area contributed by atoms with E-state index in [1.807, 2.05) is 0 Å². The summed E-state index contributed by atoms with van der Waals surface area (Å²) in [6.07, 6.45) is 0.132. The number of aromatic carboxylic acids is 1. The molecule has 116 valence electrons. The molecule has 0 unspecified atom stereocenters. The number of nitrogens with zero attached hydrogens (tertiary/aromatic N) is 1. The zero-order chi connectivity index (χ0) is 16.6. The van der Waals surface area contributed by atoms with Gasteiger partial charge in [0.2, 0.25) is 0 Å². The zero-order valence-electron chi connectivity index (χ0n) is 12.1. The highest BCUT2D eigenvalue weighted by Crippen LogP contribution is 2.28. The molecule has 1 aliphatic heterocycles. The number of rotatable bonds is 5. The number of carbonyl (C=O) groups is 4. The van der Waals surface area contributed by atoms with Crippen LogP contribution in [-0.2, 0) is 4.79 Å². The molecular weight excluding hydrogens is 290 g/mol. The third kappa shape index (κ3) is 2.57. The molecule has 0 aliphatic carbocycles. The maximum atomic E-state index is 12.4. The van der Waals surface area contributed by atoms with Crippen LogP contribution >= 0.6 is 0 Å². The molecular formula is C15H15NO6. The summed E-state index contributed by atoms with van der Waals surface area (Å²) in [6.45, 7) is 3.58. The van der Waals surface area contributed by atoms with E-state index in [9.17, 15) is 24.3 Å². The van der Waals surface area contributed by atoms with Crippen molar-refractivity contribution in [2.24, 2.45) is 5.92 Å². The highest BCUT2D eigenvalue weighted by molar-refractivity contribution is 6.23. The van der Waals surface area contributed by atoms with E-state index >= 15 is 0 Å². The maximum Gasteiger partial charge on any atom is 0.335 e. The lowest BCUT2D eigenvalue weighted by molar-refractivity contribution is -0.142. The molecule has 0 bridgehead atoms. The molecule has 1 aromatic rings. The number of hydrogen-bond donors (Lipinski definition) is 2. The Morgan fingerprint density at radius 3 is 2.18 bits per heavy atom. The summed E-state index contributed by atoms with van der Waals surface area (Å²) in [6, 6.07) is 2.30. The summed E-state index contributed by atoms with van der Waals surface area (Å²) in [5, 5.41) is 18.2. The summed E-state index contributed by atoms with van der Waals surface area (Å²) in [7, 11) is 0. The zero-order valence-corrected chi connectivity index (χ0v) is 12.1. The topological polar surface area (TPSA) is 112 Å². The SMILES string of the molecule is CC(C)C[C@@H](C(=O)O)N1C(=O)c2ccc(C(=O)O)cc2C1=O. The van der Waals surface area contributed by atoms with Crippen molar-refractivity contribution in [3.05, 3.63) is 34.9 Å². The van der Waals surface area contributed by atoms with E-state index < -0.39 is 29.8 Å². The van der Waals surface area contributed by atoms with Gasteiger partial charge in [0.15, 0.2) is 0 Å². The number of carbonyl (C=O) groups excluding carboxylic acids is 2. The minimum atomic E-state index is -1.26. The quantitative estimate of drug-likeness (QED) is 0.797. The summed E-state index contributed by atoms with van der Waals surface area (Å²) in [5.41, 5.74) is -0.164. The van der Waals surface area contributed by atoms with Crippen molar-refractivity contribution < 1.29 is 29.4 Å². The Morgan fingerprint density at radius 2 is 1.68 bits per heavy atom. The Labute approximate surface area is 126 Å². The third-order valence-corrected chi connectivity index (χ3v) is 3.46. The third-order valence-electron chi connectivity index (χ3n) is 3.46. The average molecular weight is 305 g/mol. The van der Waals surface area contributed by atoms with E-state index in [1.54, 1.807) is 13.8 Å². The lowest BCUT2D eigenvalue weighted by Gasteiger charge is -2.23. The second-order valence-electron chi connectivity index (χ2n) is 5.53. The number of carboxylic acids is 2. The van der Waals surface area contributed by atoms with Crippen LogP contribution in [0.15, 0.2) is 18.2 Å². The predicted octanol–water partition coefficient (Wildman–Crippen LogP) is 1.48. The molecule has 0 spiro atoms. The molecule has 1 aromatic carbocycles. The van der Waals surface area contributed by atoms with E-state index in [0.717, 1.165) is 6.07 Å². The van der Waals surface area contributed by atoms with Gasteiger partial charge in [0.25, 0.3) is 11.8 Å². The largest absolute Gasteiger partial charge is 0.480 e. The first-order valence-corrected chi connectivity index (χ1v) is 6.72. The van der Waals surface area contributed by atoms with Gasteiger partial charge in [0, 0.05) is 0 Å². The lowest BCUT2D eigenvalue weighted by atomic mass is 10.0. The van der Waals surface area contributed by atoms with E-state index in [0.29, 0.717) is 4.90 Å². The highest BCUT2D eigenvalue weighted by Gasteiger charge is 2.43. The van der Waals surface area contributed by atoms with Crippen molar-refractivity contribution in [3.63, 3.8) is 0 Å². The van der Waals surface area contributed by atoms with Gasteiger partial charge >= 0.3 is 11.9 Å². The minimum Gasteiger partial charge on any atom is -0.480 e. The molecule has 2 rings (SSSR count). The van der Waals surface area contributed by atoms with Crippen LogP contribution in [0.25, 0.3) is 0 Å². The van der Waals surface area contributed by atoms with Crippen LogP contribution in [0.2, 0.25) is 0 Å². The van der Waals surface area contributed by atoms with Crippen LogP contribution in [-0.4, -0.2) is 44.9 Å². The second kappa shape index (κ2) is 5.59. The van der Waals surface area contributed by atoms with Gasteiger partial charge in [0.1, 0.15) is 6.04 Å². The first-order chi connectivity index (χ1) is 10.2. The van der Waals surface area contributed by atoms with Gasteiger partial charge < -0.3 is 10.2 Å². The number of imide groups is 1. The van der Waals surface area contributed by atoms with Gasteiger partial charge in [-0.15, -0.1) is 0 Å². The van der Waals surface area contributed by atoms with Crippen LogP contribution in [0.5, 0.6) is 0 Å². The van der Waals surface area contributed by atoms with Crippen molar-refractivity contribution in [2.75, 3.05) is 0 Å². The number of benzene rings is 1. The lowest BCUT2D eigenvalue weighted by Crippen LogP contribution is -2.45. The number of fused-ring (bicyclic) bond motifs is 1. The Bertz CT molecular complexity index is 679. The number of aliphatic carboxylic acids is 1. The van der Waals surface area contributed by atoms with E-state index in [1.165, 1.54) is 12.1 Å². The molecule has 1 atom stereocenters. The monoisotopic (exact) mass is 305 g/mol. The maximum absolute atomic E-state index is 12.4. The molecule has 22 heavy (non-hydrogen) atoms. The van der Waals surface area contributed by atoms with Crippen molar-refractivity contribution in [3.8, 4) is 0 Å². The van der Waals surface area contributed by atoms with Crippen LogP contribution < -0.4 is 0 Å². The van der Waals surface area contributed by atoms with Gasteiger partial charge in [0.05, 0.1) is 16.7 Å². The van der Waals surface area contributed by atoms with E-state index in [2.05, 4.69) is 0 Å². The molecule has 0 radical (unpaired) electrons. The Morgan fingerprint density at radius 1 is 1.09 bits per heavy atom. The molecule has 1 aliphatic rings. The van der Waals surface area contributed by atoms with Crippen LogP contribution in [0.3, 0.4) is 0 Å². The minimum absolute atomic E-state index is 0.0278. The molecule has 0 aromatic heterocycles. The molecule has 7 nitrogen and oxygen atoms in total. The second-order valence-corrected chi connectivity index (χ2v) is 5.53. The fraction of sp³-hybridized carbons (Fsp3) is 0.333. The van der Waals surface area contributed by atoms with Gasteiger partial charge in [-0.2, -0.15) is 0 Å². The molecule has 0 fully saturated rings. The summed E-state index contributed by atoms with van der Waals surface area (Å²) >= 11 is 0. The van der Waals surface area contributed by atoms with Crippen molar-refractivity contribution in [2.45, 2.75) is 26.3 Å². The fourth-order valence-corrected chi connectivity index (χ4v) is 2.44. The first-order valence-electron chi connectivity index (χ1n) is 6.72. The number of amides is 2. The van der Waals surface area contributed by atoms with Gasteiger partial charge in [-0.1, -0.05) is 13.8 Å². The Kier molecular flexibility index (Phi) is 3.99. The number of hydrogen-bond acceptors (Lipinski definition) is 4. The van der Waals surface area contributed by atoms with E-state index in [-0.39, 0.29) is 29.0 Å². The van der Waals surface area contributed by atoms with Gasteiger partial charge in [-0.3, -0.25) is 14.5 Å². The molecule has 0 saturated carbocycles. The standard InChI is InChI=1S/C15H15NO6/c1-7(2)5-11(15(21)22)16-12(17)9-4-3-8(14(19)20)6-10(9)13(16)18/h3-4,6-7,11H,5H2,1-2H3,(H,19,20)(H,21,22)/t11-/m0/s1. The molecule has 2 N–H and O–H groups in total. The van der Waals surface area contributed by atoms with Gasteiger partial charge in [-0.05, 0) is 30.5 Å². The summed E-state index contributed by atoms with van der Waals surface area (Å²) in [5.74, 6) is -3.98. The summed E-state index contributed by atoms with van der Waals surface area (Å²) < 4.78 is 0. The number of carboxylic acid groups (broad SMARTS) is 2. The normalized spacial score (nSPS) is 15.1. The summed E-state index contributed by atoms with van der Waals surface area (Å²) in [4.78, 5) is 47.7. The van der Waals surface area contributed by atoms with E-state index in [4.69, 9.17) is 5.11 Å². The first kappa shape index (κ1) is 15.7. The molecule has 7 heteroatoms. The smallest absolute Gasteiger partial charge is 0.335 e. The Balaban J connectivity index is 2.45. The van der Waals surface area contributed by atoms with Crippen molar-refractivity contribution in [1.29, 1.82) is 0 Å². The fourth-order valence-electron chi connectivity index (χ4n) is 2.44. The predicted molar refractivity (Wildman–Crippen MR) is 74.8 cm³/mol. The van der Waals surface area contributed by atoms with Crippen LogP contribution in [0, 0.1) is 5.92 Å². The highest BCUT2D eigenvalue weighted by atomic mass is 16.4. The molecule has 0 saturated heterocycles. The van der Waals surface area contributed by atoms with Crippen molar-refractivity contribution >= 4 is 23.8 Å².